The molecule has 0 bridgehead atoms. The molecule has 7 heteroatoms. The van der Waals surface area contributed by atoms with E-state index in [1.165, 1.54) is 17.1 Å². The average Bonchev–Trinajstić information content (AvgIpc) is 2.94. The summed E-state index contributed by atoms with van der Waals surface area (Å²) >= 11 is 0. The van der Waals surface area contributed by atoms with E-state index in [9.17, 15) is 9.18 Å². The number of morpholine rings is 1. The molecule has 0 radical (unpaired) electrons. The summed E-state index contributed by atoms with van der Waals surface area (Å²) in [5.41, 5.74) is 2.06. The summed E-state index contributed by atoms with van der Waals surface area (Å²) in [5.74, 6) is -0.900. The van der Waals surface area contributed by atoms with Crippen LogP contribution in [0.25, 0.3) is 0 Å². The Kier molecular flexibility index (Phi) is 6.11. The summed E-state index contributed by atoms with van der Waals surface area (Å²) in [6.07, 6.45) is 0.954. The van der Waals surface area contributed by atoms with Gasteiger partial charge in [0, 0.05) is 31.9 Å². The van der Waals surface area contributed by atoms with Gasteiger partial charge in [-0.1, -0.05) is 0 Å². The molecule has 0 N–H and O–H groups in total. The van der Waals surface area contributed by atoms with E-state index in [-0.39, 0.29) is 11.7 Å². The molecular weight excluding hydrogens is 335 g/mol. The Morgan fingerprint density at radius 1 is 1.31 bits per heavy atom. The van der Waals surface area contributed by atoms with Crippen molar-refractivity contribution in [3.05, 3.63) is 30.1 Å². The highest BCUT2D eigenvalue weighted by atomic mass is 19.1. The summed E-state index contributed by atoms with van der Waals surface area (Å²) in [7, 11) is 0. The minimum Gasteiger partial charge on any atom is -0.379 e. The molecule has 2 aliphatic rings. The van der Waals surface area contributed by atoms with E-state index in [4.69, 9.17) is 4.74 Å². The predicted molar refractivity (Wildman–Crippen MR) is 100 cm³/mol. The number of hydrazone groups is 1. The second kappa shape index (κ2) is 8.51. The third kappa shape index (κ3) is 4.34. The molecule has 2 aliphatic heterocycles. The number of amides is 1. The maximum atomic E-state index is 13.1. The van der Waals surface area contributed by atoms with Crippen LogP contribution in [-0.4, -0.2) is 61.6 Å². The number of aliphatic imine (C=N–C) groups is 1. The maximum absolute atomic E-state index is 13.1. The largest absolute Gasteiger partial charge is 0.379 e. The lowest BCUT2D eigenvalue weighted by Crippen LogP contribution is -2.37. The van der Waals surface area contributed by atoms with Crippen molar-refractivity contribution in [1.82, 2.24) is 4.90 Å². The van der Waals surface area contributed by atoms with Crippen molar-refractivity contribution >= 4 is 23.0 Å². The van der Waals surface area contributed by atoms with Crippen molar-refractivity contribution < 1.29 is 13.9 Å². The van der Waals surface area contributed by atoms with Crippen LogP contribution in [0, 0.1) is 11.7 Å². The molecule has 0 unspecified atom stereocenters. The minimum atomic E-state index is -0.427. The number of hydrogen-bond acceptors (Lipinski definition) is 5. The molecule has 1 fully saturated rings. The summed E-state index contributed by atoms with van der Waals surface area (Å²) in [4.78, 5) is 19.7. The van der Waals surface area contributed by atoms with Crippen LogP contribution >= 0.6 is 0 Å². The number of carbonyl (C=O) groups is 1. The molecule has 0 aromatic heterocycles. The zero-order valence-corrected chi connectivity index (χ0v) is 15.3. The van der Waals surface area contributed by atoms with Gasteiger partial charge < -0.3 is 4.74 Å². The topological polar surface area (TPSA) is 57.5 Å². The van der Waals surface area contributed by atoms with Gasteiger partial charge in [0.2, 0.25) is 0 Å². The minimum absolute atomic E-state index is 0.136. The summed E-state index contributed by atoms with van der Waals surface area (Å²) in [6.45, 7) is 8.94. The van der Waals surface area contributed by atoms with Gasteiger partial charge in [0.05, 0.1) is 24.6 Å². The van der Waals surface area contributed by atoms with Gasteiger partial charge in [-0.15, -0.1) is 0 Å². The van der Waals surface area contributed by atoms with Gasteiger partial charge in [0.1, 0.15) is 11.7 Å². The maximum Gasteiger partial charge on any atom is 0.261 e. The molecule has 1 aromatic carbocycles. The van der Waals surface area contributed by atoms with Crippen molar-refractivity contribution in [3.8, 4) is 0 Å². The summed E-state index contributed by atoms with van der Waals surface area (Å²) in [6, 6.07) is 5.77. The molecule has 1 aromatic rings. The number of carbonyl (C=O) groups excluding carboxylic acids is 1. The number of rotatable bonds is 6. The first-order chi connectivity index (χ1) is 12.6. The van der Waals surface area contributed by atoms with Gasteiger partial charge >= 0.3 is 0 Å². The Morgan fingerprint density at radius 3 is 2.69 bits per heavy atom. The molecule has 1 atom stereocenters. The lowest BCUT2D eigenvalue weighted by molar-refractivity contribution is -0.118. The monoisotopic (exact) mass is 360 g/mol. The van der Waals surface area contributed by atoms with Gasteiger partial charge in [-0.2, -0.15) is 10.1 Å². The van der Waals surface area contributed by atoms with Crippen molar-refractivity contribution in [2.75, 3.05) is 44.4 Å². The Labute approximate surface area is 153 Å². The molecule has 1 amide bonds. The number of halogens is 1. The normalized spacial score (nSPS) is 22.0. The van der Waals surface area contributed by atoms with E-state index in [0.29, 0.717) is 17.9 Å². The van der Waals surface area contributed by atoms with Crippen LogP contribution in [0.4, 0.5) is 10.1 Å². The predicted octanol–water partition coefficient (Wildman–Crippen LogP) is 2.35. The Bertz CT molecular complexity index is 696. The SMILES string of the molecule is CC(=NCCCN1CCOCC1)[C@H]1C(=O)N(c2ccc(F)cc2)N=C1C. The highest BCUT2D eigenvalue weighted by Crippen LogP contribution is 2.25. The molecule has 26 heavy (non-hydrogen) atoms. The van der Waals surface area contributed by atoms with Crippen LogP contribution in [0.2, 0.25) is 0 Å². The van der Waals surface area contributed by atoms with Crippen LogP contribution in [0.3, 0.4) is 0 Å². The fourth-order valence-corrected chi connectivity index (χ4v) is 3.28. The smallest absolute Gasteiger partial charge is 0.261 e. The van der Waals surface area contributed by atoms with E-state index >= 15 is 0 Å². The van der Waals surface area contributed by atoms with Crippen LogP contribution in [0.15, 0.2) is 34.4 Å². The third-order valence-corrected chi connectivity index (χ3v) is 4.72. The highest BCUT2D eigenvalue weighted by molar-refractivity contribution is 6.27. The van der Waals surface area contributed by atoms with E-state index in [1.807, 2.05) is 13.8 Å². The van der Waals surface area contributed by atoms with E-state index < -0.39 is 5.92 Å². The fourth-order valence-electron chi connectivity index (χ4n) is 3.28. The fraction of sp³-hybridized carbons (Fsp3) is 0.526. The van der Waals surface area contributed by atoms with Gasteiger partial charge in [0.15, 0.2) is 0 Å². The second-order valence-corrected chi connectivity index (χ2v) is 6.63. The Morgan fingerprint density at radius 2 is 2.00 bits per heavy atom. The van der Waals surface area contributed by atoms with Crippen LogP contribution < -0.4 is 5.01 Å². The first-order valence-electron chi connectivity index (χ1n) is 9.02. The quantitative estimate of drug-likeness (QED) is 0.578. The molecule has 1 saturated heterocycles. The Hall–Kier alpha value is -2.12. The van der Waals surface area contributed by atoms with Gasteiger partial charge in [-0.05, 0) is 44.5 Å². The molecule has 2 heterocycles. The van der Waals surface area contributed by atoms with Crippen LogP contribution in [-0.2, 0) is 9.53 Å². The first kappa shape index (κ1) is 18.7. The number of anilines is 1. The average molecular weight is 360 g/mol. The van der Waals surface area contributed by atoms with Gasteiger partial charge in [-0.3, -0.25) is 14.7 Å². The summed E-state index contributed by atoms with van der Waals surface area (Å²) in [5, 5.41) is 5.69. The lowest BCUT2D eigenvalue weighted by Gasteiger charge is -2.26. The first-order valence-corrected chi connectivity index (χ1v) is 9.02. The Balaban J connectivity index is 1.56. The van der Waals surface area contributed by atoms with E-state index in [1.54, 1.807) is 12.1 Å². The van der Waals surface area contributed by atoms with Crippen molar-refractivity contribution in [2.45, 2.75) is 20.3 Å². The molecule has 3 rings (SSSR count). The molecule has 0 saturated carbocycles. The number of hydrogen-bond donors (Lipinski definition) is 0. The van der Waals surface area contributed by atoms with Crippen molar-refractivity contribution in [3.63, 3.8) is 0 Å². The number of ether oxygens (including phenoxy) is 1. The second-order valence-electron chi connectivity index (χ2n) is 6.63. The zero-order valence-electron chi connectivity index (χ0n) is 15.3. The zero-order chi connectivity index (χ0) is 18.5. The molecule has 0 aliphatic carbocycles. The molecular formula is C19H25FN4O2. The van der Waals surface area contributed by atoms with Crippen molar-refractivity contribution in [2.24, 2.45) is 16.0 Å². The van der Waals surface area contributed by atoms with Crippen LogP contribution in [0.5, 0.6) is 0 Å². The lowest BCUT2D eigenvalue weighted by atomic mass is 9.99. The number of nitrogens with zero attached hydrogens (tertiary/aromatic N) is 4. The third-order valence-electron chi connectivity index (χ3n) is 4.72. The standard InChI is InChI=1S/C19H25FN4O2/c1-14(21-8-3-9-23-10-12-26-13-11-23)18-15(2)22-24(19(18)25)17-6-4-16(20)5-7-17/h4-7,18H,3,8-13H2,1-2H3/t18-/m1/s1. The molecule has 0 spiro atoms. The van der Waals surface area contributed by atoms with Crippen LogP contribution in [0.1, 0.15) is 20.3 Å². The number of benzene rings is 1. The summed E-state index contributed by atoms with van der Waals surface area (Å²) < 4.78 is 18.4. The van der Waals surface area contributed by atoms with E-state index in [0.717, 1.165) is 45.0 Å². The molecule has 6 nitrogen and oxygen atoms in total. The van der Waals surface area contributed by atoms with Gasteiger partial charge in [0.25, 0.3) is 5.91 Å². The van der Waals surface area contributed by atoms with Crippen molar-refractivity contribution in [1.29, 1.82) is 0 Å². The van der Waals surface area contributed by atoms with E-state index in [2.05, 4.69) is 15.0 Å². The highest BCUT2D eigenvalue weighted by Gasteiger charge is 2.36. The molecule has 140 valence electrons. The van der Waals surface area contributed by atoms with Gasteiger partial charge in [-0.25, -0.2) is 4.39 Å².